The van der Waals surface area contributed by atoms with Crippen molar-refractivity contribution < 1.29 is 0 Å². The summed E-state index contributed by atoms with van der Waals surface area (Å²) in [6.07, 6.45) is 2.54. The number of nitrogens with zero attached hydrogens (tertiary/aromatic N) is 1. The van der Waals surface area contributed by atoms with Gasteiger partial charge in [-0.3, -0.25) is 0 Å². The molecule has 0 aromatic carbocycles. The second kappa shape index (κ2) is 7.36. The van der Waals surface area contributed by atoms with Crippen LogP contribution >= 0.6 is 27.3 Å². The number of anilines is 1. The van der Waals surface area contributed by atoms with Crippen LogP contribution in [0, 0.1) is 0 Å². The van der Waals surface area contributed by atoms with Crippen molar-refractivity contribution in [1.29, 1.82) is 0 Å². The SMILES string of the molecule is Brc1csc(NCCCCN2CCNCC2)c1. The molecule has 0 radical (unpaired) electrons. The van der Waals surface area contributed by atoms with Crippen LogP contribution in [0.4, 0.5) is 5.00 Å². The molecule has 1 aromatic rings. The molecular formula is C12H20BrN3S. The fourth-order valence-electron chi connectivity index (χ4n) is 2.01. The second-order valence-electron chi connectivity index (χ2n) is 4.35. The first-order chi connectivity index (χ1) is 8.34. The van der Waals surface area contributed by atoms with Crippen LogP contribution in [0.1, 0.15) is 12.8 Å². The van der Waals surface area contributed by atoms with Gasteiger partial charge >= 0.3 is 0 Å². The van der Waals surface area contributed by atoms with Gasteiger partial charge in [-0.2, -0.15) is 0 Å². The summed E-state index contributed by atoms with van der Waals surface area (Å²) in [6, 6.07) is 2.14. The maximum Gasteiger partial charge on any atom is 0.0894 e. The van der Waals surface area contributed by atoms with Gasteiger partial charge in [0.25, 0.3) is 0 Å². The van der Waals surface area contributed by atoms with Crippen LogP contribution in [0.3, 0.4) is 0 Å². The lowest BCUT2D eigenvalue weighted by molar-refractivity contribution is 0.237. The molecule has 1 saturated heterocycles. The van der Waals surface area contributed by atoms with Crippen molar-refractivity contribution in [2.45, 2.75) is 12.8 Å². The molecule has 1 aliphatic heterocycles. The Morgan fingerprint density at radius 1 is 1.35 bits per heavy atom. The molecule has 1 aromatic heterocycles. The summed E-state index contributed by atoms with van der Waals surface area (Å²) in [6.45, 7) is 7.07. The van der Waals surface area contributed by atoms with Gasteiger partial charge in [-0.1, -0.05) is 0 Å². The van der Waals surface area contributed by atoms with Crippen molar-refractivity contribution in [2.24, 2.45) is 0 Å². The van der Waals surface area contributed by atoms with Gasteiger partial charge in [0, 0.05) is 42.6 Å². The van der Waals surface area contributed by atoms with Crippen LogP contribution < -0.4 is 10.6 Å². The topological polar surface area (TPSA) is 27.3 Å². The van der Waals surface area contributed by atoms with E-state index in [2.05, 4.69) is 42.9 Å². The minimum Gasteiger partial charge on any atom is -0.377 e. The van der Waals surface area contributed by atoms with E-state index in [4.69, 9.17) is 0 Å². The Bertz CT molecular complexity index is 323. The molecule has 0 unspecified atom stereocenters. The van der Waals surface area contributed by atoms with Crippen molar-refractivity contribution in [1.82, 2.24) is 10.2 Å². The lowest BCUT2D eigenvalue weighted by atomic mass is 10.2. The monoisotopic (exact) mass is 317 g/mol. The minimum atomic E-state index is 1.08. The maximum atomic E-state index is 3.46. The molecule has 0 atom stereocenters. The minimum absolute atomic E-state index is 1.08. The Morgan fingerprint density at radius 3 is 2.88 bits per heavy atom. The number of piperazine rings is 1. The first-order valence-corrected chi connectivity index (χ1v) is 7.93. The van der Waals surface area contributed by atoms with Crippen molar-refractivity contribution in [2.75, 3.05) is 44.6 Å². The van der Waals surface area contributed by atoms with E-state index in [0.717, 1.165) is 19.6 Å². The fraction of sp³-hybridized carbons (Fsp3) is 0.667. The number of halogens is 1. The number of nitrogens with one attached hydrogen (secondary N) is 2. The normalized spacial score (nSPS) is 17.2. The van der Waals surface area contributed by atoms with Crippen LogP contribution in [0.5, 0.6) is 0 Å². The van der Waals surface area contributed by atoms with E-state index in [1.165, 1.54) is 41.9 Å². The largest absolute Gasteiger partial charge is 0.377 e. The zero-order chi connectivity index (χ0) is 11.9. The molecule has 3 nitrogen and oxygen atoms in total. The molecule has 2 rings (SSSR count). The maximum absolute atomic E-state index is 3.46. The predicted octanol–water partition coefficient (Wildman–Crippen LogP) is 2.61. The zero-order valence-electron chi connectivity index (χ0n) is 10.0. The summed E-state index contributed by atoms with van der Waals surface area (Å²) in [5.41, 5.74) is 0. The summed E-state index contributed by atoms with van der Waals surface area (Å²) >= 11 is 5.22. The Hall–Kier alpha value is -0.100. The third-order valence-corrected chi connectivity index (χ3v) is 4.63. The lowest BCUT2D eigenvalue weighted by Gasteiger charge is -2.27. The summed E-state index contributed by atoms with van der Waals surface area (Å²) in [5, 5.41) is 10.2. The summed E-state index contributed by atoms with van der Waals surface area (Å²) in [7, 11) is 0. The Kier molecular flexibility index (Phi) is 5.77. The molecule has 1 aliphatic rings. The quantitative estimate of drug-likeness (QED) is 0.790. The van der Waals surface area contributed by atoms with Gasteiger partial charge in [0.2, 0.25) is 0 Å². The van der Waals surface area contributed by atoms with Crippen LogP contribution in [0.25, 0.3) is 0 Å². The molecule has 0 saturated carbocycles. The Morgan fingerprint density at radius 2 is 2.18 bits per heavy atom. The molecule has 0 spiro atoms. The first-order valence-electron chi connectivity index (χ1n) is 6.25. The van der Waals surface area contributed by atoms with Crippen molar-refractivity contribution in [3.8, 4) is 0 Å². The van der Waals surface area contributed by atoms with Gasteiger partial charge in [0.1, 0.15) is 0 Å². The number of rotatable bonds is 6. The Labute approximate surface area is 116 Å². The zero-order valence-corrected chi connectivity index (χ0v) is 12.4. The lowest BCUT2D eigenvalue weighted by Crippen LogP contribution is -2.43. The van der Waals surface area contributed by atoms with Gasteiger partial charge in [-0.05, 0) is 41.4 Å². The van der Waals surface area contributed by atoms with Crippen LogP contribution in [0.15, 0.2) is 15.9 Å². The number of hydrogen-bond donors (Lipinski definition) is 2. The van der Waals surface area contributed by atoms with Crippen molar-refractivity contribution in [3.05, 3.63) is 15.9 Å². The number of thiophene rings is 1. The van der Waals surface area contributed by atoms with Crippen molar-refractivity contribution >= 4 is 32.3 Å². The van der Waals surface area contributed by atoms with E-state index in [1.807, 2.05) is 0 Å². The molecular weight excluding hydrogens is 298 g/mol. The Balaban J connectivity index is 1.51. The highest BCUT2D eigenvalue weighted by molar-refractivity contribution is 9.10. The highest BCUT2D eigenvalue weighted by Gasteiger charge is 2.07. The molecule has 5 heteroatoms. The van der Waals surface area contributed by atoms with E-state index >= 15 is 0 Å². The third kappa shape index (κ3) is 4.95. The number of hydrogen-bond acceptors (Lipinski definition) is 4. The average molecular weight is 318 g/mol. The van der Waals surface area contributed by atoms with Gasteiger partial charge in [-0.25, -0.2) is 0 Å². The van der Waals surface area contributed by atoms with E-state index in [1.54, 1.807) is 11.3 Å². The predicted molar refractivity (Wildman–Crippen MR) is 79.1 cm³/mol. The summed E-state index contributed by atoms with van der Waals surface area (Å²) in [5.74, 6) is 0. The van der Waals surface area contributed by atoms with E-state index < -0.39 is 0 Å². The molecule has 0 amide bonds. The molecule has 17 heavy (non-hydrogen) atoms. The molecule has 0 aliphatic carbocycles. The molecule has 96 valence electrons. The van der Waals surface area contributed by atoms with E-state index in [0.29, 0.717) is 0 Å². The van der Waals surface area contributed by atoms with Crippen LogP contribution in [-0.2, 0) is 0 Å². The van der Waals surface area contributed by atoms with Crippen LogP contribution in [0.2, 0.25) is 0 Å². The summed E-state index contributed by atoms with van der Waals surface area (Å²) in [4.78, 5) is 2.55. The highest BCUT2D eigenvalue weighted by Crippen LogP contribution is 2.24. The summed E-state index contributed by atoms with van der Waals surface area (Å²) < 4.78 is 1.17. The number of unbranched alkanes of at least 4 members (excludes halogenated alkanes) is 1. The second-order valence-corrected chi connectivity index (χ2v) is 6.18. The molecule has 2 N–H and O–H groups in total. The van der Waals surface area contributed by atoms with Gasteiger partial charge < -0.3 is 15.5 Å². The smallest absolute Gasteiger partial charge is 0.0894 e. The van der Waals surface area contributed by atoms with Gasteiger partial charge in [-0.15, -0.1) is 11.3 Å². The fourth-order valence-corrected chi connectivity index (χ4v) is 3.36. The van der Waals surface area contributed by atoms with Crippen LogP contribution in [-0.4, -0.2) is 44.2 Å². The highest BCUT2D eigenvalue weighted by atomic mass is 79.9. The van der Waals surface area contributed by atoms with Crippen molar-refractivity contribution in [3.63, 3.8) is 0 Å². The van der Waals surface area contributed by atoms with E-state index in [9.17, 15) is 0 Å². The molecule has 1 fully saturated rings. The van der Waals surface area contributed by atoms with E-state index in [-0.39, 0.29) is 0 Å². The first kappa shape index (κ1) is 13.3. The van der Waals surface area contributed by atoms with Gasteiger partial charge in [0.15, 0.2) is 0 Å². The third-order valence-electron chi connectivity index (χ3n) is 2.98. The van der Waals surface area contributed by atoms with Gasteiger partial charge in [0.05, 0.1) is 5.00 Å². The standard InChI is InChI=1S/C12H20BrN3S/c13-11-9-12(17-10-11)15-3-1-2-6-16-7-4-14-5-8-16/h9-10,14-15H,1-8H2. The average Bonchev–Trinajstić information content (AvgIpc) is 2.76. The molecule has 2 heterocycles. The molecule has 0 bridgehead atoms.